The Labute approximate surface area is 120 Å². The Kier molecular flexibility index (Phi) is 6.38. The van der Waals surface area contributed by atoms with Crippen molar-refractivity contribution in [3.63, 3.8) is 0 Å². The highest BCUT2D eigenvalue weighted by Crippen LogP contribution is 2.35. The van der Waals surface area contributed by atoms with Crippen LogP contribution in [0.1, 0.15) is 35.3 Å². The molecule has 1 aromatic carbocycles. The van der Waals surface area contributed by atoms with Crippen molar-refractivity contribution in [2.24, 2.45) is 5.73 Å². The first-order valence-electron chi connectivity index (χ1n) is 4.99. The lowest BCUT2D eigenvalue weighted by Crippen LogP contribution is -2.13. The predicted octanol–water partition coefficient (Wildman–Crippen LogP) is 3.24. The van der Waals surface area contributed by atoms with E-state index in [1.165, 1.54) is 6.07 Å². The highest BCUT2D eigenvalue weighted by molar-refractivity contribution is 9.10. The van der Waals surface area contributed by atoms with Crippen LogP contribution in [0.3, 0.4) is 0 Å². The molecule has 4 N–H and O–H groups in total. The van der Waals surface area contributed by atoms with E-state index in [1.54, 1.807) is 6.07 Å². The molecule has 0 saturated heterocycles. The highest BCUT2D eigenvalue weighted by atomic mass is 79.9. The summed E-state index contributed by atoms with van der Waals surface area (Å²) in [5.74, 6) is -1.47. The van der Waals surface area contributed by atoms with Gasteiger partial charge in [-0.2, -0.15) is 0 Å². The van der Waals surface area contributed by atoms with Crippen molar-refractivity contribution < 1.29 is 15.0 Å². The second-order valence-corrected chi connectivity index (χ2v) is 4.78. The predicted molar refractivity (Wildman–Crippen MR) is 76.4 cm³/mol. The largest absolute Gasteiger partial charge is 0.507 e. The normalized spacial score (nSPS) is 11.5. The smallest absolute Gasteiger partial charge is 0.339 e. The molecule has 4 nitrogen and oxygen atoms in total. The van der Waals surface area contributed by atoms with Crippen LogP contribution < -0.4 is 5.73 Å². The van der Waals surface area contributed by atoms with Gasteiger partial charge in [0, 0.05) is 16.1 Å². The number of hydrogen-bond donors (Lipinski definition) is 3. The minimum absolute atomic E-state index is 0. The van der Waals surface area contributed by atoms with E-state index in [9.17, 15) is 9.90 Å². The third kappa shape index (κ3) is 3.73. The lowest BCUT2D eigenvalue weighted by atomic mass is 9.98. The average molecular weight is 337 g/mol. The average Bonchev–Trinajstić information content (AvgIpc) is 2.15. The van der Waals surface area contributed by atoms with Crippen LogP contribution in [-0.2, 0) is 0 Å². The zero-order chi connectivity index (χ0) is 13.2. The Morgan fingerprint density at radius 1 is 1.56 bits per heavy atom. The summed E-state index contributed by atoms with van der Waals surface area (Å²) in [6, 6.07) is 2.41. The summed E-state index contributed by atoms with van der Waals surface area (Å²) in [5, 5.41) is 18.8. The van der Waals surface area contributed by atoms with Crippen molar-refractivity contribution in [1.29, 1.82) is 0 Å². The van der Waals surface area contributed by atoms with Gasteiger partial charge in [0.05, 0.1) is 0 Å². The van der Waals surface area contributed by atoms with Crippen LogP contribution in [0.15, 0.2) is 28.8 Å². The van der Waals surface area contributed by atoms with Gasteiger partial charge in [0.2, 0.25) is 0 Å². The molecule has 0 spiro atoms. The van der Waals surface area contributed by atoms with Crippen molar-refractivity contribution >= 4 is 34.3 Å². The number of rotatable bonds is 4. The number of carbonyl (C=O) groups is 1. The highest BCUT2D eigenvalue weighted by Gasteiger charge is 2.20. The fourth-order valence-electron chi connectivity index (χ4n) is 1.59. The minimum atomic E-state index is -1.18. The molecule has 0 radical (unpaired) electrons. The molecule has 0 amide bonds. The second kappa shape index (κ2) is 6.78. The van der Waals surface area contributed by atoms with Crippen LogP contribution in [0.25, 0.3) is 0 Å². The molecule has 100 valence electrons. The third-order valence-corrected chi connectivity index (χ3v) is 3.02. The SMILES string of the molecule is C=C(C)C[C@@H](N)c1c(Br)ccc(C(=O)O)c1O.Cl. The summed E-state index contributed by atoms with van der Waals surface area (Å²) >= 11 is 3.26. The summed E-state index contributed by atoms with van der Waals surface area (Å²) in [7, 11) is 0. The van der Waals surface area contributed by atoms with E-state index in [0.717, 1.165) is 5.57 Å². The van der Waals surface area contributed by atoms with Gasteiger partial charge in [-0.15, -0.1) is 19.0 Å². The van der Waals surface area contributed by atoms with E-state index in [1.807, 2.05) is 6.92 Å². The zero-order valence-electron chi connectivity index (χ0n) is 9.81. The summed E-state index contributed by atoms with van der Waals surface area (Å²) < 4.78 is 0.591. The Balaban J connectivity index is 0.00000289. The third-order valence-electron chi connectivity index (χ3n) is 2.33. The van der Waals surface area contributed by atoms with E-state index in [0.29, 0.717) is 16.5 Å². The number of phenols is 1. The Morgan fingerprint density at radius 2 is 2.11 bits per heavy atom. The summed E-state index contributed by atoms with van der Waals surface area (Å²) in [6.07, 6.45) is 0.481. The van der Waals surface area contributed by atoms with Crippen molar-refractivity contribution in [1.82, 2.24) is 0 Å². The van der Waals surface area contributed by atoms with E-state index in [2.05, 4.69) is 22.5 Å². The molecule has 0 fully saturated rings. The van der Waals surface area contributed by atoms with Crippen molar-refractivity contribution in [2.45, 2.75) is 19.4 Å². The number of nitrogens with two attached hydrogens (primary N) is 1. The van der Waals surface area contributed by atoms with Gasteiger partial charge in [-0.05, 0) is 25.5 Å². The molecule has 0 heterocycles. The molecule has 1 aromatic rings. The van der Waals surface area contributed by atoms with Crippen LogP contribution in [-0.4, -0.2) is 16.2 Å². The van der Waals surface area contributed by atoms with E-state index >= 15 is 0 Å². The van der Waals surface area contributed by atoms with Crippen LogP contribution in [0.4, 0.5) is 0 Å². The molecule has 18 heavy (non-hydrogen) atoms. The van der Waals surface area contributed by atoms with Crippen LogP contribution in [0, 0.1) is 0 Å². The maximum Gasteiger partial charge on any atom is 0.339 e. The van der Waals surface area contributed by atoms with Gasteiger partial charge < -0.3 is 15.9 Å². The van der Waals surface area contributed by atoms with Gasteiger partial charge >= 0.3 is 5.97 Å². The van der Waals surface area contributed by atoms with Gasteiger partial charge in [0.25, 0.3) is 0 Å². The van der Waals surface area contributed by atoms with Crippen molar-refractivity contribution in [3.8, 4) is 5.75 Å². The lowest BCUT2D eigenvalue weighted by Gasteiger charge is -2.16. The van der Waals surface area contributed by atoms with Crippen LogP contribution in [0.2, 0.25) is 0 Å². The summed E-state index contributed by atoms with van der Waals surface area (Å²) in [5.41, 5.74) is 7.03. The first kappa shape index (κ1) is 17.0. The maximum absolute atomic E-state index is 10.9. The molecule has 1 rings (SSSR count). The fraction of sp³-hybridized carbons (Fsp3) is 0.250. The molecular formula is C12H15BrClNO3. The number of benzene rings is 1. The van der Waals surface area contributed by atoms with Gasteiger partial charge in [-0.1, -0.05) is 21.5 Å². The molecule has 0 aliphatic carbocycles. The quantitative estimate of drug-likeness (QED) is 0.737. The Bertz CT molecular complexity index is 477. The van der Waals surface area contributed by atoms with Gasteiger partial charge in [0.15, 0.2) is 0 Å². The first-order valence-corrected chi connectivity index (χ1v) is 5.78. The molecule has 0 aliphatic rings. The summed E-state index contributed by atoms with van der Waals surface area (Å²) in [4.78, 5) is 10.9. The number of carboxylic acids is 1. The minimum Gasteiger partial charge on any atom is -0.507 e. The molecular weight excluding hydrogens is 321 g/mol. The topological polar surface area (TPSA) is 83.6 Å². The van der Waals surface area contributed by atoms with Gasteiger partial charge in [-0.3, -0.25) is 0 Å². The molecule has 0 bridgehead atoms. The van der Waals surface area contributed by atoms with E-state index < -0.39 is 12.0 Å². The van der Waals surface area contributed by atoms with Crippen LogP contribution in [0.5, 0.6) is 5.75 Å². The molecule has 1 atom stereocenters. The van der Waals surface area contributed by atoms with E-state index in [4.69, 9.17) is 10.8 Å². The lowest BCUT2D eigenvalue weighted by molar-refractivity contribution is 0.0693. The number of hydrogen-bond acceptors (Lipinski definition) is 3. The first-order chi connectivity index (χ1) is 7.84. The Hall–Kier alpha value is -1.04. The number of aromatic carboxylic acids is 1. The Morgan fingerprint density at radius 3 is 2.56 bits per heavy atom. The van der Waals surface area contributed by atoms with E-state index in [-0.39, 0.29) is 23.7 Å². The molecule has 6 heteroatoms. The number of aromatic hydroxyl groups is 1. The molecule has 0 unspecified atom stereocenters. The number of halogens is 2. The fourth-order valence-corrected chi connectivity index (χ4v) is 2.20. The van der Waals surface area contributed by atoms with Crippen LogP contribution >= 0.6 is 28.3 Å². The second-order valence-electron chi connectivity index (χ2n) is 3.93. The van der Waals surface area contributed by atoms with Crippen molar-refractivity contribution in [2.75, 3.05) is 0 Å². The standard InChI is InChI=1S/C12H14BrNO3.ClH/c1-6(2)5-9(14)10-8(13)4-3-7(11(10)15)12(16)17;/h3-4,9,15H,1,5,14H2,2H3,(H,16,17);1H/t9-;/m1./s1. The molecule has 0 aromatic heterocycles. The number of carboxylic acid groups (broad SMARTS) is 1. The zero-order valence-corrected chi connectivity index (χ0v) is 12.2. The molecule has 0 aliphatic heterocycles. The summed E-state index contributed by atoms with van der Waals surface area (Å²) in [6.45, 7) is 5.57. The van der Waals surface area contributed by atoms with Crippen molar-refractivity contribution in [3.05, 3.63) is 39.9 Å². The molecule has 0 saturated carbocycles. The van der Waals surface area contributed by atoms with Gasteiger partial charge in [-0.25, -0.2) is 4.79 Å². The monoisotopic (exact) mass is 335 g/mol. The maximum atomic E-state index is 10.9. The van der Waals surface area contributed by atoms with Gasteiger partial charge in [0.1, 0.15) is 11.3 Å².